The molecule has 0 saturated carbocycles. The molecule has 1 aliphatic heterocycles. The predicted octanol–water partition coefficient (Wildman–Crippen LogP) is 4.57. The number of halogens is 1. The highest BCUT2D eigenvalue weighted by atomic mass is 79.9. The van der Waals surface area contributed by atoms with Crippen molar-refractivity contribution in [1.82, 2.24) is 5.32 Å². The molecule has 2 nitrogen and oxygen atoms in total. The van der Waals surface area contributed by atoms with Crippen LogP contribution in [0.3, 0.4) is 0 Å². The highest BCUT2D eigenvalue weighted by molar-refractivity contribution is 9.10. The molecule has 21 heavy (non-hydrogen) atoms. The van der Waals surface area contributed by atoms with E-state index in [1.807, 2.05) is 11.3 Å². The molecule has 1 N–H and O–H groups in total. The molecule has 1 aromatic heterocycles. The Hall–Kier alpha value is -0.840. The standard InChI is InChI=1S/C17H21BrN2S/c1-2-7-19-11-14-10-15(18)3-4-16(14)20-8-5-17-13(12-20)6-9-21-17/h3-4,6,9-10,19H,2,5,7-8,11-12H2,1H3. The summed E-state index contributed by atoms with van der Waals surface area (Å²) in [5.41, 5.74) is 4.26. The van der Waals surface area contributed by atoms with Crippen molar-refractivity contribution in [3.8, 4) is 0 Å². The number of fused-ring (bicyclic) bond motifs is 1. The lowest BCUT2D eigenvalue weighted by atomic mass is 10.1. The van der Waals surface area contributed by atoms with Crippen molar-refractivity contribution < 1.29 is 0 Å². The molecule has 0 atom stereocenters. The molecular formula is C17H21BrN2S. The van der Waals surface area contributed by atoms with Crippen LogP contribution in [0.2, 0.25) is 0 Å². The molecule has 3 rings (SSSR count). The van der Waals surface area contributed by atoms with E-state index in [9.17, 15) is 0 Å². The Morgan fingerprint density at radius 1 is 1.33 bits per heavy atom. The van der Waals surface area contributed by atoms with Crippen molar-refractivity contribution in [3.63, 3.8) is 0 Å². The topological polar surface area (TPSA) is 15.3 Å². The third-order valence-electron chi connectivity index (χ3n) is 3.93. The van der Waals surface area contributed by atoms with Gasteiger partial charge < -0.3 is 10.2 Å². The quantitative estimate of drug-likeness (QED) is 0.781. The predicted molar refractivity (Wildman–Crippen MR) is 95.2 cm³/mol. The molecule has 0 amide bonds. The van der Waals surface area contributed by atoms with Gasteiger partial charge >= 0.3 is 0 Å². The van der Waals surface area contributed by atoms with Crippen molar-refractivity contribution in [2.75, 3.05) is 18.0 Å². The van der Waals surface area contributed by atoms with Crippen LogP contribution in [0.25, 0.3) is 0 Å². The number of nitrogens with zero attached hydrogens (tertiary/aromatic N) is 1. The molecule has 4 heteroatoms. The van der Waals surface area contributed by atoms with Gasteiger partial charge in [0.05, 0.1) is 0 Å². The van der Waals surface area contributed by atoms with Gasteiger partial charge in [-0.15, -0.1) is 11.3 Å². The van der Waals surface area contributed by atoms with Crippen LogP contribution in [0.1, 0.15) is 29.3 Å². The van der Waals surface area contributed by atoms with Gasteiger partial charge in [-0.3, -0.25) is 0 Å². The minimum Gasteiger partial charge on any atom is -0.367 e. The third kappa shape index (κ3) is 3.50. The zero-order valence-electron chi connectivity index (χ0n) is 12.4. The van der Waals surface area contributed by atoms with E-state index in [0.29, 0.717) is 0 Å². The van der Waals surface area contributed by atoms with Crippen molar-refractivity contribution in [3.05, 3.63) is 50.1 Å². The van der Waals surface area contributed by atoms with Crippen LogP contribution in [-0.4, -0.2) is 13.1 Å². The van der Waals surface area contributed by atoms with Crippen molar-refractivity contribution in [2.45, 2.75) is 32.9 Å². The molecule has 1 aliphatic rings. The van der Waals surface area contributed by atoms with Crippen molar-refractivity contribution in [1.29, 1.82) is 0 Å². The summed E-state index contributed by atoms with van der Waals surface area (Å²) < 4.78 is 1.16. The van der Waals surface area contributed by atoms with Crippen LogP contribution in [0.5, 0.6) is 0 Å². The summed E-state index contributed by atoms with van der Waals surface area (Å²) in [5, 5.41) is 5.75. The SMILES string of the molecule is CCCNCc1cc(Br)ccc1N1CCc2sccc2C1. The lowest BCUT2D eigenvalue weighted by Gasteiger charge is -2.31. The Kier molecular flexibility index (Phi) is 4.99. The van der Waals surface area contributed by atoms with Crippen LogP contribution in [-0.2, 0) is 19.5 Å². The Labute approximate surface area is 139 Å². The Balaban J connectivity index is 1.81. The van der Waals surface area contributed by atoms with Crippen LogP contribution >= 0.6 is 27.3 Å². The Morgan fingerprint density at radius 3 is 3.10 bits per heavy atom. The van der Waals surface area contributed by atoms with Crippen LogP contribution in [0.15, 0.2) is 34.1 Å². The van der Waals surface area contributed by atoms with E-state index in [2.05, 4.69) is 62.7 Å². The molecule has 0 unspecified atom stereocenters. The van der Waals surface area contributed by atoms with Gasteiger partial charge in [0.25, 0.3) is 0 Å². The van der Waals surface area contributed by atoms with Crippen LogP contribution in [0.4, 0.5) is 5.69 Å². The van der Waals surface area contributed by atoms with E-state index in [-0.39, 0.29) is 0 Å². The number of benzene rings is 1. The monoisotopic (exact) mass is 364 g/mol. The Morgan fingerprint density at radius 2 is 2.24 bits per heavy atom. The van der Waals surface area contributed by atoms with Crippen LogP contribution < -0.4 is 10.2 Å². The largest absolute Gasteiger partial charge is 0.367 e. The number of thiophene rings is 1. The maximum atomic E-state index is 3.60. The first-order chi connectivity index (χ1) is 10.3. The first kappa shape index (κ1) is 15.1. The van der Waals surface area contributed by atoms with E-state index in [1.54, 1.807) is 4.88 Å². The second kappa shape index (κ2) is 6.95. The first-order valence-electron chi connectivity index (χ1n) is 7.57. The highest BCUT2D eigenvalue weighted by Gasteiger charge is 2.19. The number of hydrogen-bond acceptors (Lipinski definition) is 3. The molecule has 0 radical (unpaired) electrons. The van der Waals surface area contributed by atoms with Gasteiger partial charge in [-0.1, -0.05) is 22.9 Å². The summed E-state index contributed by atoms with van der Waals surface area (Å²) in [5.74, 6) is 0. The Bertz CT molecular complexity index is 609. The molecule has 0 bridgehead atoms. The van der Waals surface area contributed by atoms with E-state index in [0.717, 1.165) is 30.7 Å². The van der Waals surface area contributed by atoms with Crippen molar-refractivity contribution in [2.24, 2.45) is 0 Å². The zero-order valence-corrected chi connectivity index (χ0v) is 14.8. The second-order valence-electron chi connectivity index (χ2n) is 5.49. The van der Waals surface area contributed by atoms with E-state index in [1.165, 1.54) is 29.7 Å². The summed E-state index contributed by atoms with van der Waals surface area (Å²) in [6, 6.07) is 8.94. The molecule has 2 aromatic rings. The van der Waals surface area contributed by atoms with Gasteiger partial charge in [0, 0.05) is 34.7 Å². The molecular weight excluding hydrogens is 344 g/mol. The summed E-state index contributed by atoms with van der Waals surface area (Å²) in [6.45, 7) is 6.38. The minimum absolute atomic E-state index is 0.940. The molecule has 0 saturated heterocycles. The fraction of sp³-hybridized carbons (Fsp3) is 0.412. The fourth-order valence-corrected chi connectivity index (χ4v) is 4.16. The van der Waals surface area contributed by atoms with E-state index < -0.39 is 0 Å². The van der Waals surface area contributed by atoms with Gasteiger partial charge in [0.2, 0.25) is 0 Å². The summed E-state index contributed by atoms with van der Waals surface area (Å²) in [7, 11) is 0. The normalized spacial score (nSPS) is 14.3. The summed E-state index contributed by atoms with van der Waals surface area (Å²) >= 11 is 5.50. The van der Waals surface area contributed by atoms with Crippen LogP contribution in [0, 0.1) is 0 Å². The molecule has 0 fully saturated rings. The molecule has 1 aromatic carbocycles. The molecule has 0 aliphatic carbocycles. The van der Waals surface area contributed by atoms with Gasteiger partial charge in [-0.05, 0) is 60.2 Å². The lowest BCUT2D eigenvalue weighted by Crippen LogP contribution is -2.30. The van der Waals surface area contributed by atoms with Crippen molar-refractivity contribution >= 4 is 33.0 Å². The average Bonchev–Trinajstić information content (AvgIpc) is 2.95. The second-order valence-corrected chi connectivity index (χ2v) is 7.41. The van der Waals surface area contributed by atoms with E-state index >= 15 is 0 Å². The molecule has 112 valence electrons. The van der Waals surface area contributed by atoms with Gasteiger partial charge in [0.15, 0.2) is 0 Å². The van der Waals surface area contributed by atoms with E-state index in [4.69, 9.17) is 0 Å². The maximum Gasteiger partial charge on any atom is 0.0440 e. The molecule has 2 heterocycles. The third-order valence-corrected chi connectivity index (χ3v) is 5.45. The number of anilines is 1. The van der Waals surface area contributed by atoms with Gasteiger partial charge in [-0.25, -0.2) is 0 Å². The maximum absolute atomic E-state index is 3.60. The van der Waals surface area contributed by atoms with Gasteiger partial charge in [-0.2, -0.15) is 0 Å². The first-order valence-corrected chi connectivity index (χ1v) is 9.24. The average molecular weight is 365 g/mol. The number of nitrogens with one attached hydrogen (secondary N) is 1. The zero-order chi connectivity index (χ0) is 14.7. The summed E-state index contributed by atoms with van der Waals surface area (Å²) in [4.78, 5) is 4.08. The number of rotatable bonds is 5. The summed E-state index contributed by atoms with van der Waals surface area (Å²) in [6.07, 6.45) is 2.34. The highest BCUT2D eigenvalue weighted by Crippen LogP contribution is 2.31. The van der Waals surface area contributed by atoms with Gasteiger partial charge in [0.1, 0.15) is 0 Å². The molecule has 0 spiro atoms. The fourth-order valence-electron chi connectivity index (χ4n) is 2.86. The lowest BCUT2D eigenvalue weighted by molar-refractivity contribution is 0.668. The number of hydrogen-bond donors (Lipinski definition) is 1. The minimum atomic E-state index is 0.940. The smallest absolute Gasteiger partial charge is 0.0440 e.